The lowest BCUT2D eigenvalue weighted by Crippen LogP contribution is -2.54. The Morgan fingerprint density at radius 1 is 1.43 bits per heavy atom. The van der Waals surface area contributed by atoms with E-state index in [1.807, 2.05) is 0 Å². The van der Waals surface area contributed by atoms with Gasteiger partial charge in [-0.3, -0.25) is 4.79 Å². The number of rotatable bonds is 5. The van der Waals surface area contributed by atoms with Crippen LogP contribution in [0.1, 0.15) is 20.8 Å². The number of nitrogens with zero attached hydrogens (tertiary/aromatic N) is 1. The molecule has 7 heteroatoms. The van der Waals surface area contributed by atoms with Gasteiger partial charge in [-0.05, 0) is 54.9 Å². The Morgan fingerprint density at radius 2 is 2.00 bits per heavy atom. The second kappa shape index (κ2) is 6.43. The second-order valence-electron chi connectivity index (χ2n) is 5.10. The third-order valence-corrected chi connectivity index (χ3v) is 3.86. The highest BCUT2D eigenvalue weighted by atomic mass is 79.9. The highest BCUT2D eigenvalue weighted by Gasteiger charge is 2.37. The molecule has 0 aromatic heterocycles. The smallest absolute Gasteiger partial charge is 0.329 e. The first-order chi connectivity index (χ1) is 9.57. The maximum atomic E-state index is 13.0. The van der Waals surface area contributed by atoms with Crippen LogP contribution >= 0.6 is 15.9 Å². The molecular weight excluding hydrogens is 345 g/mol. The highest BCUT2D eigenvalue weighted by Crippen LogP contribution is 2.27. The molecule has 0 aliphatic rings. The van der Waals surface area contributed by atoms with E-state index < -0.39 is 29.3 Å². The van der Waals surface area contributed by atoms with Crippen molar-refractivity contribution in [1.82, 2.24) is 4.90 Å². The number of carbonyl (C=O) groups excluding carboxylic acids is 1. The van der Waals surface area contributed by atoms with Crippen molar-refractivity contribution < 1.29 is 23.8 Å². The molecule has 0 aliphatic carbocycles. The van der Waals surface area contributed by atoms with Crippen molar-refractivity contribution in [3.8, 4) is 5.75 Å². The standard InChI is InChI=1S/C14H17BrFNO4/c1-8(12(18)17(4)14(2,3)13(19)20)21-11-6-5-9(16)7-10(11)15/h5-8H,1-4H3,(H,19,20). The van der Waals surface area contributed by atoms with Gasteiger partial charge in [-0.25, -0.2) is 9.18 Å². The lowest BCUT2D eigenvalue weighted by molar-refractivity contribution is -0.157. The van der Waals surface area contributed by atoms with E-state index in [-0.39, 0.29) is 0 Å². The lowest BCUT2D eigenvalue weighted by Gasteiger charge is -2.33. The molecular formula is C14H17BrFNO4. The van der Waals surface area contributed by atoms with Crippen molar-refractivity contribution in [1.29, 1.82) is 0 Å². The summed E-state index contributed by atoms with van der Waals surface area (Å²) in [5.41, 5.74) is -1.35. The maximum Gasteiger partial charge on any atom is 0.329 e. The average Bonchev–Trinajstić information content (AvgIpc) is 2.39. The van der Waals surface area contributed by atoms with E-state index in [4.69, 9.17) is 9.84 Å². The number of carbonyl (C=O) groups is 2. The number of likely N-dealkylation sites (N-methyl/N-ethyl adjacent to an activating group) is 1. The fourth-order valence-corrected chi connectivity index (χ4v) is 1.95. The van der Waals surface area contributed by atoms with Gasteiger partial charge in [0.25, 0.3) is 5.91 Å². The first kappa shape index (κ1) is 17.4. The van der Waals surface area contributed by atoms with Crippen molar-refractivity contribution in [3.05, 3.63) is 28.5 Å². The molecule has 116 valence electrons. The lowest BCUT2D eigenvalue weighted by atomic mass is 10.0. The summed E-state index contributed by atoms with van der Waals surface area (Å²) in [6.07, 6.45) is -0.907. The summed E-state index contributed by atoms with van der Waals surface area (Å²) in [5, 5.41) is 9.12. The van der Waals surface area contributed by atoms with E-state index in [0.29, 0.717) is 10.2 Å². The van der Waals surface area contributed by atoms with Crippen LogP contribution in [0.5, 0.6) is 5.75 Å². The SMILES string of the molecule is CC(Oc1ccc(F)cc1Br)C(=O)N(C)C(C)(C)C(=O)O. The van der Waals surface area contributed by atoms with Gasteiger partial charge in [0.15, 0.2) is 6.10 Å². The summed E-state index contributed by atoms with van der Waals surface area (Å²) in [4.78, 5) is 24.5. The Kier molecular flexibility index (Phi) is 5.33. The average molecular weight is 362 g/mol. The van der Waals surface area contributed by atoms with Crippen LogP contribution in [0.4, 0.5) is 4.39 Å². The fourth-order valence-electron chi connectivity index (χ4n) is 1.50. The van der Waals surface area contributed by atoms with E-state index in [2.05, 4.69) is 15.9 Å². The van der Waals surface area contributed by atoms with Crippen LogP contribution in [0, 0.1) is 5.82 Å². The molecule has 0 radical (unpaired) electrons. The van der Waals surface area contributed by atoms with Gasteiger partial charge in [-0.15, -0.1) is 0 Å². The number of benzene rings is 1. The molecule has 0 saturated carbocycles. The fraction of sp³-hybridized carbons (Fsp3) is 0.429. The van der Waals surface area contributed by atoms with Crippen molar-refractivity contribution in [2.45, 2.75) is 32.4 Å². The summed E-state index contributed by atoms with van der Waals surface area (Å²) in [6, 6.07) is 3.82. The Balaban J connectivity index is 2.86. The number of amides is 1. The monoisotopic (exact) mass is 361 g/mol. The number of aliphatic carboxylic acids is 1. The summed E-state index contributed by atoms with van der Waals surface area (Å²) in [7, 11) is 1.40. The summed E-state index contributed by atoms with van der Waals surface area (Å²) < 4.78 is 18.8. The molecule has 0 aliphatic heterocycles. The summed E-state index contributed by atoms with van der Waals surface area (Å²) >= 11 is 3.14. The van der Waals surface area contributed by atoms with E-state index in [1.165, 1.54) is 46.0 Å². The first-order valence-electron chi connectivity index (χ1n) is 6.20. The Morgan fingerprint density at radius 3 is 2.48 bits per heavy atom. The van der Waals surface area contributed by atoms with E-state index in [1.54, 1.807) is 0 Å². The second-order valence-corrected chi connectivity index (χ2v) is 5.95. The van der Waals surface area contributed by atoms with Gasteiger partial charge in [-0.2, -0.15) is 0 Å². The molecule has 0 fully saturated rings. The molecule has 1 N–H and O–H groups in total. The minimum Gasteiger partial charge on any atom is -0.480 e. The summed E-state index contributed by atoms with van der Waals surface area (Å²) in [5.74, 6) is -1.73. The van der Waals surface area contributed by atoms with Gasteiger partial charge in [0.2, 0.25) is 0 Å². The highest BCUT2D eigenvalue weighted by molar-refractivity contribution is 9.10. The maximum absolute atomic E-state index is 13.0. The van der Waals surface area contributed by atoms with Gasteiger partial charge in [0.1, 0.15) is 17.1 Å². The third-order valence-electron chi connectivity index (χ3n) is 3.24. The zero-order chi connectivity index (χ0) is 16.4. The third kappa shape index (κ3) is 3.93. The van der Waals surface area contributed by atoms with E-state index in [9.17, 15) is 14.0 Å². The molecule has 0 bridgehead atoms. The van der Waals surface area contributed by atoms with Crippen LogP contribution in [-0.2, 0) is 9.59 Å². The van der Waals surface area contributed by atoms with Crippen LogP contribution in [0.2, 0.25) is 0 Å². The first-order valence-corrected chi connectivity index (χ1v) is 6.99. The number of hydrogen-bond acceptors (Lipinski definition) is 3. The number of carboxylic acids is 1. The molecule has 1 unspecified atom stereocenters. The van der Waals surface area contributed by atoms with Gasteiger partial charge in [0, 0.05) is 7.05 Å². The zero-order valence-corrected chi connectivity index (χ0v) is 13.8. The number of carboxylic acid groups (broad SMARTS) is 1. The van der Waals surface area contributed by atoms with Gasteiger partial charge >= 0.3 is 5.97 Å². The predicted molar refractivity (Wildman–Crippen MR) is 78.7 cm³/mol. The minimum absolute atomic E-state index is 0.304. The number of ether oxygens (including phenoxy) is 1. The quantitative estimate of drug-likeness (QED) is 0.875. The largest absolute Gasteiger partial charge is 0.480 e. The molecule has 0 heterocycles. The van der Waals surface area contributed by atoms with Gasteiger partial charge in [-0.1, -0.05) is 0 Å². The molecule has 0 saturated heterocycles. The normalized spacial score (nSPS) is 12.7. The Bertz CT molecular complexity index is 562. The van der Waals surface area contributed by atoms with Gasteiger partial charge in [0.05, 0.1) is 4.47 Å². The van der Waals surface area contributed by atoms with Crippen LogP contribution < -0.4 is 4.74 Å². The van der Waals surface area contributed by atoms with Crippen molar-refractivity contribution >= 4 is 27.8 Å². The van der Waals surface area contributed by atoms with Crippen LogP contribution in [-0.4, -0.2) is 40.6 Å². The van der Waals surface area contributed by atoms with E-state index >= 15 is 0 Å². The molecule has 0 spiro atoms. The molecule has 5 nitrogen and oxygen atoms in total. The predicted octanol–water partition coefficient (Wildman–Crippen LogP) is 2.68. The number of hydrogen-bond donors (Lipinski definition) is 1. The molecule has 1 rings (SSSR count). The van der Waals surface area contributed by atoms with Crippen molar-refractivity contribution in [3.63, 3.8) is 0 Å². The minimum atomic E-state index is -1.35. The zero-order valence-electron chi connectivity index (χ0n) is 12.2. The van der Waals surface area contributed by atoms with E-state index in [0.717, 1.165) is 4.90 Å². The molecule has 1 aromatic carbocycles. The van der Waals surface area contributed by atoms with Crippen LogP contribution in [0.15, 0.2) is 22.7 Å². The number of halogens is 2. The molecule has 1 amide bonds. The van der Waals surface area contributed by atoms with Gasteiger partial charge < -0.3 is 14.7 Å². The Hall–Kier alpha value is -1.63. The topological polar surface area (TPSA) is 66.8 Å². The summed E-state index contributed by atoms with van der Waals surface area (Å²) in [6.45, 7) is 4.36. The molecule has 21 heavy (non-hydrogen) atoms. The van der Waals surface area contributed by atoms with Crippen molar-refractivity contribution in [2.24, 2.45) is 0 Å². The van der Waals surface area contributed by atoms with Crippen LogP contribution in [0.25, 0.3) is 0 Å². The van der Waals surface area contributed by atoms with Crippen LogP contribution in [0.3, 0.4) is 0 Å². The molecule has 1 aromatic rings. The Labute approximate surface area is 130 Å². The van der Waals surface area contributed by atoms with Crippen molar-refractivity contribution in [2.75, 3.05) is 7.05 Å². The molecule has 1 atom stereocenters.